The Labute approximate surface area is 131 Å². The van der Waals surface area contributed by atoms with Crippen molar-refractivity contribution in [3.63, 3.8) is 0 Å². The number of likely N-dealkylation sites (tertiary alicyclic amines) is 1. The number of rotatable bonds is 3. The highest BCUT2D eigenvalue weighted by Gasteiger charge is 2.43. The molecule has 1 atom stereocenters. The fraction of sp³-hybridized carbons (Fsp3) is 0.938. The lowest BCUT2D eigenvalue weighted by Gasteiger charge is -2.40. The van der Waals surface area contributed by atoms with Crippen LogP contribution in [-0.2, 0) is 14.3 Å². The van der Waals surface area contributed by atoms with Gasteiger partial charge in [0.05, 0.1) is 19.3 Å². The summed E-state index contributed by atoms with van der Waals surface area (Å²) >= 11 is 1.98. The van der Waals surface area contributed by atoms with Crippen molar-refractivity contribution in [3.8, 4) is 0 Å². The van der Waals surface area contributed by atoms with Crippen LogP contribution in [0.2, 0.25) is 0 Å². The second-order valence-corrected chi connectivity index (χ2v) is 8.03. The molecule has 0 bridgehead atoms. The SMILES string of the molecule is COCC1CC2(CCN(C(=O)C3CCSCC3)CC2)CO1. The van der Waals surface area contributed by atoms with Crippen LogP contribution < -0.4 is 0 Å². The Morgan fingerprint density at radius 1 is 1.33 bits per heavy atom. The average molecular weight is 313 g/mol. The largest absolute Gasteiger partial charge is 0.382 e. The Hall–Kier alpha value is -0.260. The van der Waals surface area contributed by atoms with E-state index >= 15 is 0 Å². The fourth-order valence-corrected chi connectivity index (χ4v) is 5.05. The summed E-state index contributed by atoms with van der Waals surface area (Å²) in [5.74, 6) is 3.01. The highest BCUT2D eigenvalue weighted by Crippen LogP contribution is 2.42. The molecule has 1 unspecified atom stereocenters. The molecule has 0 N–H and O–H groups in total. The smallest absolute Gasteiger partial charge is 0.225 e. The van der Waals surface area contributed by atoms with Crippen molar-refractivity contribution >= 4 is 17.7 Å². The van der Waals surface area contributed by atoms with Crippen molar-refractivity contribution < 1.29 is 14.3 Å². The third kappa shape index (κ3) is 3.57. The molecule has 0 aromatic rings. The van der Waals surface area contributed by atoms with Gasteiger partial charge in [0.2, 0.25) is 5.91 Å². The van der Waals surface area contributed by atoms with Crippen molar-refractivity contribution in [2.45, 2.75) is 38.2 Å². The van der Waals surface area contributed by atoms with Gasteiger partial charge in [-0.05, 0) is 49.0 Å². The Balaban J connectivity index is 1.49. The van der Waals surface area contributed by atoms with Gasteiger partial charge in [0.1, 0.15) is 0 Å². The van der Waals surface area contributed by atoms with Gasteiger partial charge in [0.15, 0.2) is 0 Å². The maximum Gasteiger partial charge on any atom is 0.225 e. The molecule has 3 aliphatic rings. The third-order valence-electron chi connectivity index (χ3n) is 5.34. The van der Waals surface area contributed by atoms with E-state index in [9.17, 15) is 4.79 Å². The van der Waals surface area contributed by atoms with E-state index in [-0.39, 0.29) is 6.10 Å². The number of hydrogen-bond donors (Lipinski definition) is 0. The minimum atomic E-state index is 0.257. The third-order valence-corrected chi connectivity index (χ3v) is 6.39. The second kappa shape index (κ2) is 6.88. The summed E-state index contributed by atoms with van der Waals surface area (Å²) in [5, 5.41) is 0. The number of ether oxygens (including phenoxy) is 2. The maximum absolute atomic E-state index is 12.6. The number of amides is 1. The molecule has 3 fully saturated rings. The Morgan fingerprint density at radius 3 is 2.71 bits per heavy atom. The van der Waals surface area contributed by atoms with Crippen LogP contribution in [0.1, 0.15) is 32.1 Å². The molecule has 5 heteroatoms. The van der Waals surface area contributed by atoms with E-state index in [2.05, 4.69) is 4.90 Å². The number of thioether (sulfide) groups is 1. The topological polar surface area (TPSA) is 38.8 Å². The highest BCUT2D eigenvalue weighted by molar-refractivity contribution is 7.99. The molecule has 3 heterocycles. The predicted molar refractivity (Wildman–Crippen MR) is 84.5 cm³/mol. The minimum absolute atomic E-state index is 0.257. The van der Waals surface area contributed by atoms with E-state index in [0.717, 1.165) is 63.3 Å². The van der Waals surface area contributed by atoms with E-state index in [4.69, 9.17) is 9.47 Å². The summed E-state index contributed by atoms with van der Waals surface area (Å²) in [7, 11) is 1.73. The van der Waals surface area contributed by atoms with Crippen molar-refractivity contribution in [2.75, 3.05) is 44.9 Å². The van der Waals surface area contributed by atoms with Crippen molar-refractivity contribution in [1.29, 1.82) is 0 Å². The number of methoxy groups -OCH3 is 1. The van der Waals surface area contributed by atoms with Gasteiger partial charge in [0.25, 0.3) is 0 Å². The number of nitrogens with zero attached hydrogens (tertiary/aromatic N) is 1. The first-order chi connectivity index (χ1) is 10.2. The monoisotopic (exact) mass is 313 g/mol. The van der Waals surface area contributed by atoms with Gasteiger partial charge < -0.3 is 14.4 Å². The van der Waals surface area contributed by atoms with E-state index < -0.39 is 0 Å². The quantitative estimate of drug-likeness (QED) is 0.800. The molecule has 21 heavy (non-hydrogen) atoms. The summed E-state index contributed by atoms with van der Waals surface area (Å²) in [6.45, 7) is 3.39. The van der Waals surface area contributed by atoms with Crippen molar-refractivity contribution in [1.82, 2.24) is 4.90 Å². The van der Waals surface area contributed by atoms with Crippen LogP contribution in [0.4, 0.5) is 0 Å². The lowest BCUT2D eigenvalue weighted by Crippen LogP contribution is -2.46. The minimum Gasteiger partial charge on any atom is -0.382 e. The first-order valence-electron chi connectivity index (χ1n) is 8.19. The molecule has 120 valence electrons. The first-order valence-corrected chi connectivity index (χ1v) is 9.35. The normalized spacial score (nSPS) is 30.0. The molecule has 0 aliphatic carbocycles. The molecule has 3 aliphatic heterocycles. The van der Waals surface area contributed by atoms with Gasteiger partial charge in [-0.1, -0.05) is 0 Å². The van der Waals surface area contributed by atoms with Crippen molar-refractivity contribution in [3.05, 3.63) is 0 Å². The molecule has 3 saturated heterocycles. The van der Waals surface area contributed by atoms with Gasteiger partial charge in [-0.15, -0.1) is 0 Å². The van der Waals surface area contributed by atoms with Crippen LogP contribution >= 0.6 is 11.8 Å². The van der Waals surface area contributed by atoms with Gasteiger partial charge >= 0.3 is 0 Å². The zero-order valence-electron chi connectivity index (χ0n) is 13.0. The number of carbonyl (C=O) groups excluding carboxylic acids is 1. The van der Waals surface area contributed by atoms with Crippen LogP contribution in [0.25, 0.3) is 0 Å². The predicted octanol–water partition coefficient (Wildman–Crippen LogP) is 2.17. The summed E-state index contributed by atoms with van der Waals surface area (Å²) in [6, 6.07) is 0. The number of carbonyl (C=O) groups is 1. The van der Waals surface area contributed by atoms with E-state index in [1.807, 2.05) is 11.8 Å². The molecule has 0 aromatic heterocycles. The zero-order valence-corrected chi connectivity index (χ0v) is 13.8. The lowest BCUT2D eigenvalue weighted by molar-refractivity contribution is -0.138. The van der Waals surface area contributed by atoms with Gasteiger partial charge in [-0.2, -0.15) is 11.8 Å². The van der Waals surface area contributed by atoms with Gasteiger partial charge in [-0.3, -0.25) is 4.79 Å². The lowest BCUT2D eigenvalue weighted by atomic mass is 9.76. The Bertz CT molecular complexity index is 363. The average Bonchev–Trinajstić information content (AvgIpc) is 2.91. The van der Waals surface area contributed by atoms with Crippen LogP contribution in [0, 0.1) is 11.3 Å². The molecule has 3 rings (SSSR count). The van der Waals surface area contributed by atoms with E-state index in [1.54, 1.807) is 7.11 Å². The first kappa shape index (κ1) is 15.6. The molecular formula is C16H27NO3S. The number of piperidine rings is 1. The molecule has 0 radical (unpaired) electrons. The van der Waals surface area contributed by atoms with Gasteiger partial charge in [0, 0.05) is 26.1 Å². The van der Waals surface area contributed by atoms with Crippen LogP contribution in [-0.4, -0.2) is 61.8 Å². The fourth-order valence-electron chi connectivity index (χ4n) is 3.94. The molecule has 0 aromatic carbocycles. The molecular weight excluding hydrogens is 286 g/mol. The summed E-state index contributed by atoms with van der Waals surface area (Å²) < 4.78 is 11.1. The summed E-state index contributed by atoms with van der Waals surface area (Å²) in [5.41, 5.74) is 0.308. The maximum atomic E-state index is 12.6. The van der Waals surface area contributed by atoms with Crippen LogP contribution in [0.3, 0.4) is 0 Å². The van der Waals surface area contributed by atoms with Crippen molar-refractivity contribution in [2.24, 2.45) is 11.3 Å². The number of hydrogen-bond acceptors (Lipinski definition) is 4. The summed E-state index contributed by atoms with van der Waals surface area (Å²) in [6.07, 6.45) is 5.70. The van der Waals surface area contributed by atoms with Crippen LogP contribution in [0.15, 0.2) is 0 Å². The van der Waals surface area contributed by atoms with E-state index in [0.29, 0.717) is 23.8 Å². The zero-order chi connectivity index (χ0) is 14.7. The summed E-state index contributed by atoms with van der Waals surface area (Å²) in [4.78, 5) is 14.7. The molecule has 1 spiro atoms. The Kier molecular flexibility index (Phi) is 5.12. The molecule has 1 amide bonds. The van der Waals surface area contributed by atoms with Gasteiger partial charge in [-0.25, -0.2) is 0 Å². The standard InChI is InChI=1S/C16H27NO3S/c1-19-11-14-10-16(12-20-14)4-6-17(7-5-16)15(18)13-2-8-21-9-3-13/h13-14H,2-12H2,1H3. The molecule has 4 nitrogen and oxygen atoms in total. The van der Waals surface area contributed by atoms with E-state index in [1.165, 1.54) is 0 Å². The second-order valence-electron chi connectivity index (χ2n) is 6.80. The molecule has 0 saturated carbocycles. The Morgan fingerprint density at radius 2 is 2.05 bits per heavy atom. The van der Waals surface area contributed by atoms with Crippen LogP contribution in [0.5, 0.6) is 0 Å². The highest BCUT2D eigenvalue weighted by atomic mass is 32.2.